The summed E-state index contributed by atoms with van der Waals surface area (Å²) < 4.78 is 9.22. The molecule has 1 N–H and O–H groups in total. The van der Waals surface area contributed by atoms with Gasteiger partial charge in [-0.1, -0.05) is 13.2 Å². The molecule has 0 amide bonds. The first-order valence-electron chi connectivity index (χ1n) is 3.79. The summed E-state index contributed by atoms with van der Waals surface area (Å²) in [5, 5.41) is 8.85. The van der Waals surface area contributed by atoms with Crippen LogP contribution in [0, 0.1) is 0 Å². The molecule has 0 rings (SSSR count). The molecule has 0 spiro atoms. The van der Waals surface area contributed by atoms with Crippen molar-refractivity contribution < 1.29 is 24.2 Å². The number of ether oxygens (including phenoxy) is 2. The van der Waals surface area contributed by atoms with E-state index in [1.54, 1.807) is 0 Å². The molecule has 0 aromatic carbocycles. The molecule has 0 aromatic heterocycles. The molecule has 0 heterocycles. The SMILES string of the molecule is C=CC(=O)OC(C)(CO)OC(=O)C=C. The topological polar surface area (TPSA) is 72.8 Å². The summed E-state index contributed by atoms with van der Waals surface area (Å²) in [5.74, 6) is -3.28. The largest absolute Gasteiger partial charge is 0.417 e. The highest BCUT2D eigenvalue weighted by atomic mass is 16.7. The summed E-state index contributed by atoms with van der Waals surface area (Å²) in [6, 6.07) is 0. The normalized spacial score (nSPS) is 10.1. The maximum atomic E-state index is 10.8. The Balaban J connectivity index is 4.45. The van der Waals surface area contributed by atoms with Gasteiger partial charge in [0.1, 0.15) is 6.61 Å². The molecule has 0 radical (unpaired) electrons. The molecule has 14 heavy (non-hydrogen) atoms. The van der Waals surface area contributed by atoms with E-state index in [9.17, 15) is 9.59 Å². The van der Waals surface area contributed by atoms with E-state index in [0.717, 1.165) is 12.2 Å². The minimum absolute atomic E-state index is 0.647. The maximum Gasteiger partial charge on any atom is 0.333 e. The van der Waals surface area contributed by atoms with Crippen molar-refractivity contribution >= 4 is 11.9 Å². The van der Waals surface area contributed by atoms with E-state index in [2.05, 4.69) is 22.6 Å². The standard InChI is InChI=1S/C9H12O5/c1-4-7(11)13-9(3,6-10)14-8(12)5-2/h4-5,10H,1-2,6H2,3H3. The molecule has 0 bridgehead atoms. The molecule has 5 nitrogen and oxygen atoms in total. The summed E-state index contributed by atoms with van der Waals surface area (Å²) in [7, 11) is 0. The van der Waals surface area contributed by atoms with Crippen molar-refractivity contribution in [1.29, 1.82) is 0 Å². The van der Waals surface area contributed by atoms with Gasteiger partial charge in [0.15, 0.2) is 0 Å². The number of esters is 2. The summed E-state index contributed by atoms with van der Waals surface area (Å²) in [4.78, 5) is 21.6. The molecule has 0 aromatic rings. The Bertz CT molecular complexity index is 234. The number of carbonyl (C=O) groups is 2. The van der Waals surface area contributed by atoms with E-state index in [0.29, 0.717) is 0 Å². The Hall–Kier alpha value is -1.62. The fourth-order valence-electron chi connectivity index (χ4n) is 0.594. The first-order chi connectivity index (χ1) is 6.47. The maximum absolute atomic E-state index is 10.8. The molecule has 0 aliphatic carbocycles. The number of carbonyl (C=O) groups excluding carboxylic acids is 2. The average molecular weight is 200 g/mol. The molecule has 0 saturated carbocycles. The third kappa shape index (κ3) is 3.86. The van der Waals surface area contributed by atoms with Crippen LogP contribution in [0.3, 0.4) is 0 Å². The average Bonchev–Trinajstić information content (AvgIpc) is 2.17. The highest BCUT2D eigenvalue weighted by Gasteiger charge is 2.31. The van der Waals surface area contributed by atoms with Gasteiger partial charge in [0, 0.05) is 19.1 Å². The predicted molar refractivity (Wildman–Crippen MR) is 48.1 cm³/mol. The van der Waals surface area contributed by atoms with E-state index in [1.807, 2.05) is 0 Å². The van der Waals surface area contributed by atoms with Gasteiger partial charge in [-0.05, 0) is 0 Å². The second-order valence-corrected chi connectivity index (χ2v) is 2.54. The first kappa shape index (κ1) is 12.4. The van der Waals surface area contributed by atoms with E-state index >= 15 is 0 Å². The fraction of sp³-hybridized carbons (Fsp3) is 0.333. The van der Waals surface area contributed by atoms with Crippen molar-refractivity contribution in [1.82, 2.24) is 0 Å². The summed E-state index contributed by atoms with van der Waals surface area (Å²) in [5.41, 5.74) is 0. The zero-order valence-corrected chi connectivity index (χ0v) is 7.86. The van der Waals surface area contributed by atoms with Gasteiger partial charge in [-0.3, -0.25) is 0 Å². The summed E-state index contributed by atoms with van der Waals surface area (Å²) in [6.45, 7) is 6.92. The zero-order chi connectivity index (χ0) is 11.2. The van der Waals surface area contributed by atoms with Gasteiger partial charge in [-0.15, -0.1) is 0 Å². The molecular formula is C9H12O5. The molecule has 0 atom stereocenters. The van der Waals surface area contributed by atoms with Crippen LogP contribution >= 0.6 is 0 Å². The Morgan fingerprint density at radius 1 is 1.29 bits per heavy atom. The fourth-order valence-corrected chi connectivity index (χ4v) is 0.594. The van der Waals surface area contributed by atoms with E-state index in [1.165, 1.54) is 6.92 Å². The minimum atomic E-state index is -1.70. The molecule has 0 aliphatic heterocycles. The van der Waals surface area contributed by atoms with Crippen molar-refractivity contribution in [3.63, 3.8) is 0 Å². The Morgan fingerprint density at radius 3 is 1.86 bits per heavy atom. The molecule has 0 unspecified atom stereocenters. The lowest BCUT2D eigenvalue weighted by Gasteiger charge is -2.25. The van der Waals surface area contributed by atoms with Crippen LogP contribution < -0.4 is 0 Å². The second kappa shape index (κ2) is 5.18. The molecule has 0 aliphatic rings. The van der Waals surface area contributed by atoms with Crippen LogP contribution in [0.5, 0.6) is 0 Å². The number of rotatable bonds is 5. The number of aliphatic hydroxyl groups excluding tert-OH is 1. The molecule has 0 fully saturated rings. The predicted octanol–water partition coefficient (Wildman–Crippen LogP) is 0.153. The van der Waals surface area contributed by atoms with E-state index in [-0.39, 0.29) is 0 Å². The highest BCUT2D eigenvalue weighted by molar-refractivity contribution is 5.83. The lowest BCUT2D eigenvalue weighted by atomic mass is 10.3. The van der Waals surface area contributed by atoms with Crippen LogP contribution in [0.25, 0.3) is 0 Å². The molecule has 0 saturated heterocycles. The summed E-state index contributed by atoms with van der Waals surface area (Å²) >= 11 is 0. The third-order valence-corrected chi connectivity index (χ3v) is 1.25. The van der Waals surface area contributed by atoms with Crippen LogP contribution in [0.4, 0.5) is 0 Å². The number of hydrogen-bond acceptors (Lipinski definition) is 5. The Kier molecular flexibility index (Phi) is 4.58. The van der Waals surface area contributed by atoms with Crippen LogP contribution in [0.15, 0.2) is 25.3 Å². The monoisotopic (exact) mass is 200 g/mol. The second-order valence-electron chi connectivity index (χ2n) is 2.54. The van der Waals surface area contributed by atoms with Gasteiger partial charge in [-0.2, -0.15) is 0 Å². The first-order valence-corrected chi connectivity index (χ1v) is 3.79. The minimum Gasteiger partial charge on any atom is -0.417 e. The van der Waals surface area contributed by atoms with Crippen LogP contribution in [0.1, 0.15) is 6.92 Å². The lowest BCUT2D eigenvalue weighted by Crippen LogP contribution is -2.39. The Labute approximate surface area is 81.6 Å². The van der Waals surface area contributed by atoms with Crippen molar-refractivity contribution in [2.75, 3.05) is 6.61 Å². The quantitative estimate of drug-likeness (QED) is 0.388. The molecule has 78 valence electrons. The van der Waals surface area contributed by atoms with Gasteiger partial charge in [0.25, 0.3) is 5.79 Å². The van der Waals surface area contributed by atoms with Gasteiger partial charge in [-0.25, -0.2) is 9.59 Å². The van der Waals surface area contributed by atoms with Crippen LogP contribution in [0.2, 0.25) is 0 Å². The number of aliphatic hydroxyl groups is 1. The van der Waals surface area contributed by atoms with Gasteiger partial charge >= 0.3 is 11.9 Å². The van der Waals surface area contributed by atoms with Crippen molar-refractivity contribution in [3.8, 4) is 0 Å². The highest BCUT2D eigenvalue weighted by Crippen LogP contribution is 2.12. The van der Waals surface area contributed by atoms with Crippen molar-refractivity contribution in [3.05, 3.63) is 25.3 Å². The third-order valence-electron chi connectivity index (χ3n) is 1.25. The van der Waals surface area contributed by atoms with E-state index < -0.39 is 24.3 Å². The van der Waals surface area contributed by atoms with Crippen molar-refractivity contribution in [2.45, 2.75) is 12.7 Å². The molecule has 5 heteroatoms. The van der Waals surface area contributed by atoms with Crippen LogP contribution in [-0.2, 0) is 19.1 Å². The summed E-state index contributed by atoms with van der Waals surface area (Å²) in [6.07, 6.45) is 1.80. The van der Waals surface area contributed by atoms with E-state index in [4.69, 9.17) is 5.11 Å². The van der Waals surface area contributed by atoms with Gasteiger partial charge < -0.3 is 14.6 Å². The van der Waals surface area contributed by atoms with Gasteiger partial charge in [0.2, 0.25) is 0 Å². The lowest BCUT2D eigenvalue weighted by molar-refractivity contribution is -0.226. The smallest absolute Gasteiger partial charge is 0.333 e. The zero-order valence-electron chi connectivity index (χ0n) is 7.86. The van der Waals surface area contributed by atoms with Crippen molar-refractivity contribution in [2.24, 2.45) is 0 Å². The van der Waals surface area contributed by atoms with Gasteiger partial charge in [0.05, 0.1) is 0 Å². The molecular weight excluding hydrogens is 188 g/mol. The van der Waals surface area contributed by atoms with Crippen LogP contribution in [-0.4, -0.2) is 29.4 Å². The Morgan fingerprint density at radius 2 is 1.64 bits per heavy atom. The number of hydrogen-bond donors (Lipinski definition) is 1.